The van der Waals surface area contributed by atoms with Crippen LogP contribution in [0.2, 0.25) is 5.02 Å². The van der Waals surface area contributed by atoms with Crippen molar-refractivity contribution in [1.82, 2.24) is 5.32 Å². The molecule has 0 spiro atoms. The maximum absolute atomic E-state index is 5.99. The average Bonchev–Trinajstić information content (AvgIpc) is 2.97. The van der Waals surface area contributed by atoms with Gasteiger partial charge in [-0.15, -0.1) is 0 Å². The number of hydrogen-bond acceptors (Lipinski definition) is 2. The second kappa shape index (κ2) is 8.46. The molecular weight excluding hydrogens is 286 g/mol. The zero-order chi connectivity index (χ0) is 14.2. The van der Waals surface area contributed by atoms with Crippen LogP contribution in [-0.4, -0.2) is 13.1 Å². The third kappa shape index (κ3) is 4.93. The van der Waals surface area contributed by atoms with Gasteiger partial charge in [0.2, 0.25) is 0 Å². The summed E-state index contributed by atoms with van der Waals surface area (Å²) in [5, 5.41) is 8.76. The number of hydrogen-bond donors (Lipinski definition) is 1. The molecule has 0 saturated heterocycles. The van der Waals surface area contributed by atoms with Gasteiger partial charge in [-0.2, -0.15) is 11.3 Å². The van der Waals surface area contributed by atoms with Crippen molar-refractivity contribution < 1.29 is 0 Å². The highest BCUT2D eigenvalue weighted by Gasteiger charge is 2.11. The SMILES string of the molecule is CCCNCC(CCc1ccsc1)c1ccc(Cl)cc1. The minimum absolute atomic E-state index is 0.554. The second-order valence-electron chi connectivity index (χ2n) is 5.12. The fourth-order valence-corrected chi connectivity index (χ4v) is 3.18. The molecule has 0 saturated carbocycles. The molecule has 0 aliphatic heterocycles. The van der Waals surface area contributed by atoms with E-state index in [1.807, 2.05) is 12.1 Å². The van der Waals surface area contributed by atoms with Crippen LogP contribution in [0.3, 0.4) is 0 Å². The first-order valence-electron chi connectivity index (χ1n) is 7.27. The summed E-state index contributed by atoms with van der Waals surface area (Å²) in [6.45, 7) is 4.33. The van der Waals surface area contributed by atoms with Crippen LogP contribution in [0.5, 0.6) is 0 Å². The van der Waals surface area contributed by atoms with Gasteiger partial charge >= 0.3 is 0 Å². The van der Waals surface area contributed by atoms with Gasteiger partial charge in [0.05, 0.1) is 0 Å². The van der Waals surface area contributed by atoms with Crippen molar-refractivity contribution in [2.24, 2.45) is 0 Å². The van der Waals surface area contributed by atoms with Crippen LogP contribution in [0.1, 0.15) is 36.8 Å². The lowest BCUT2D eigenvalue weighted by molar-refractivity contribution is 0.549. The molecule has 0 bridgehead atoms. The molecule has 1 nitrogen and oxygen atoms in total. The zero-order valence-corrected chi connectivity index (χ0v) is 13.5. The van der Waals surface area contributed by atoms with E-state index in [0.717, 1.165) is 24.5 Å². The fraction of sp³-hybridized carbons (Fsp3) is 0.412. The van der Waals surface area contributed by atoms with Crippen LogP contribution >= 0.6 is 22.9 Å². The van der Waals surface area contributed by atoms with Crippen molar-refractivity contribution in [1.29, 1.82) is 0 Å². The Labute approximate surface area is 131 Å². The highest BCUT2D eigenvalue weighted by molar-refractivity contribution is 7.07. The molecule has 108 valence electrons. The van der Waals surface area contributed by atoms with Gasteiger partial charge in [0.15, 0.2) is 0 Å². The number of aryl methyl sites for hydroxylation is 1. The van der Waals surface area contributed by atoms with Crippen molar-refractivity contribution in [2.45, 2.75) is 32.1 Å². The van der Waals surface area contributed by atoms with Gasteiger partial charge < -0.3 is 5.32 Å². The minimum atomic E-state index is 0.554. The molecule has 0 radical (unpaired) electrons. The molecule has 20 heavy (non-hydrogen) atoms. The quantitative estimate of drug-likeness (QED) is 0.668. The first-order chi connectivity index (χ1) is 9.79. The molecule has 1 heterocycles. The van der Waals surface area contributed by atoms with Crippen LogP contribution in [-0.2, 0) is 6.42 Å². The van der Waals surface area contributed by atoms with Crippen LogP contribution in [0.15, 0.2) is 41.1 Å². The van der Waals surface area contributed by atoms with Gasteiger partial charge in [0, 0.05) is 11.6 Å². The van der Waals surface area contributed by atoms with Gasteiger partial charge in [0.1, 0.15) is 0 Å². The average molecular weight is 308 g/mol. The lowest BCUT2D eigenvalue weighted by Gasteiger charge is -2.18. The highest BCUT2D eigenvalue weighted by Crippen LogP contribution is 2.23. The fourth-order valence-electron chi connectivity index (χ4n) is 2.35. The third-order valence-corrected chi connectivity index (χ3v) is 4.50. The predicted molar refractivity (Wildman–Crippen MR) is 90.0 cm³/mol. The standard InChI is InChI=1S/C17H22ClNS/c1-2-10-19-12-16(4-3-14-9-11-20-13-14)15-5-7-17(18)8-6-15/h5-9,11,13,16,19H,2-4,10,12H2,1H3. The molecule has 1 unspecified atom stereocenters. The Morgan fingerprint density at radius 3 is 2.65 bits per heavy atom. The molecular formula is C17H22ClNS. The summed E-state index contributed by atoms with van der Waals surface area (Å²) in [7, 11) is 0. The van der Waals surface area contributed by atoms with Gasteiger partial charge in [-0.3, -0.25) is 0 Å². The van der Waals surface area contributed by atoms with Crippen LogP contribution < -0.4 is 5.32 Å². The lowest BCUT2D eigenvalue weighted by atomic mass is 9.93. The van der Waals surface area contributed by atoms with Crippen LogP contribution in [0, 0.1) is 0 Å². The molecule has 0 amide bonds. The first kappa shape index (κ1) is 15.6. The maximum Gasteiger partial charge on any atom is 0.0406 e. The van der Waals surface area contributed by atoms with E-state index in [2.05, 4.69) is 41.2 Å². The van der Waals surface area contributed by atoms with Crippen LogP contribution in [0.4, 0.5) is 0 Å². The van der Waals surface area contributed by atoms with Crippen molar-refractivity contribution in [3.8, 4) is 0 Å². The topological polar surface area (TPSA) is 12.0 Å². The predicted octanol–water partition coefficient (Wildman–Crippen LogP) is 5.12. The van der Waals surface area contributed by atoms with Crippen molar-refractivity contribution in [2.75, 3.05) is 13.1 Å². The molecule has 2 rings (SSSR count). The summed E-state index contributed by atoms with van der Waals surface area (Å²) in [5.41, 5.74) is 2.83. The summed E-state index contributed by atoms with van der Waals surface area (Å²) in [4.78, 5) is 0. The van der Waals surface area contributed by atoms with Gasteiger partial charge in [-0.1, -0.05) is 30.7 Å². The van der Waals surface area contributed by atoms with E-state index >= 15 is 0 Å². The van der Waals surface area contributed by atoms with Gasteiger partial charge in [0.25, 0.3) is 0 Å². The largest absolute Gasteiger partial charge is 0.316 e. The molecule has 3 heteroatoms. The maximum atomic E-state index is 5.99. The van der Waals surface area contributed by atoms with E-state index in [-0.39, 0.29) is 0 Å². The Balaban J connectivity index is 1.97. The normalized spacial score (nSPS) is 12.5. The number of thiophene rings is 1. The van der Waals surface area contributed by atoms with E-state index < -0.39 is 0 Å². The summed E-state index contributed by atoms with van der Waals surface area (Å²) in [6.07, 6.45) is 3.50. The Kier molecular flexibility index (Phi) is 6.58. The number of benzene rings is 1. The van der Waals surface area contributed by atoms with E-state index in [1.54, 1.807) is 11.3 Å². The minimum Gasteiger partial charge on any atom is -0.316 e. The molecule has 0 aliphatic carbocycles. The summed E-state index contributed by atoms with van der Waals surface area (Å²) >= 11 is 7.76. The van der Waals surface area contributed by atoms with E-state index in [0.29, 0.717) is 5.92 Å². The summed E-state index contributed by atoms with van der Waals surface area (Å²) in [6, 6.07) is 10.5. The molecule has 1 N–H and O–H groups in total. The van der Waals surface area contributed by atoms with E-state index in [9.17, 15) is 0 Å². The smallest absolute Gasteiger partial charge is 0.0406 e. The number of halogens is 1. The third-order valence-electron chi connectivity index (χ3n) is 3.52. The monoisotopic (exact) mass is 307 g/mol. The van der Waals surface area contributed by atoms with Gasteiger partial charge in [-0.05, 0) is 71.8 Å². The van der Waals surface area contributed by atoms with E-state index in [4.69, 9.17) is 11.6 Å². The summed E-state index contributed by atoms with van der Waals surface area (Å²) < 4.78 is 0. The lowest BCUT2D eigenvalue weighted by Crippen LogP contribution is -2.22. The molecule has 1 atom stereocenters. The molecule has 2 aromatic rings. The molecule has 0 fully saturated rings. The Hall–Kier alpha value is -0.830. The summed E-state index contributed by atoms with van der Waals surface area (Å²) in [5.74, 6) is 0.554. The number of rotatable bonds is 8. The highest BCUT2D eigenvalue weighted by atomic mass is 35.5. The Bertz CT molecular complexity index is 478. The van der Waals surface area contributed by atoms with Crippen molar-refractivity contribution in [3.63, 3.8) is 0 Å². The van der Waals surface area contributed by atoms with E-state index in [1.165, 1.54) is 24.0 Å². The molecule has 1 aromatic heterocycles. The van der Waals surface area contributed by atoms with Crippen molar-refractivity contribution >= 4 is 22.9 Å². The zero-order valence-electron chi connectivity index (χ0n) is 11.9. The first-order valence-corrected chi connectivity index (χ1v) is 8.59. The molecule has 1 aromatic carbocycles. The Morgan fingerprint density at radius 1 is 1.20 bits per heavy atom. The second-order valence-corrected chi connectivity index (χ2v) is 6.34. The Morgan fingerprint density at radius 2 is 2.00 bits per heavy atom. The van der Waals surface area contributed by atoms with Gasteiger partial charge in [-0.25, -0.2) is 0 Å². The number of nitrogens with one attached hydrogen (secondary N) is 1. The van der Waals surface area contributed by atoms with Crippen molar-refractivity contribution in [3.05, 3.63) is 57.2 Å². The van der Waals surface area contributed by atoms with Crippen LogP contribution in [0.25, 0.3) is 0 Å². The molecule has 0 aliphatic rings.